The van der Waals surface area contributed by atoms with Gasteiger partial charge in [0.1, 0.15) is 17.1 Å². The largest absolute Gasteiger partial charge is 0.493 e. The van der Waals surface area contributed by atoms with Crippen LogP contribution in [0.25, 0.3) is 27.7 Å². The van der Waals surface area contributed by atoms with Crippen LogP contribution in [0.2, 0.25) is 0 Å². The molecule has 1 aliphatic heterocycles. The minimum absolute atomic E-state index is 0.107. The lowest BCUT2D eigenvalue weighted by Crippen LogP contribution is -2.41. The average Bonchev–Trinajstić information content (AvgIpc) is 3.22. The van der Waals surface area contributed by atoms with Crippen LogP contribution < -0.4 is 10.5 Å². The molecule has 2 heterocycles. The summed E-state index contributed by atoms with van der Waals surface area (Å²) in [5.41, 5.74) is 9.25. The highest BCUT2D eigenvalue weighted by Gasteiger charge is 2.25. The number of benzene rings is 2. The topological polar surface area (TPSA) is 85.8 Å². The Balaban J connectivity index is 1.66. The molecule has 0 atom stereocenters. The number of carbonyl (C=O) groups excluding carboxylic acids is 2. The monoisotopic (exact) mass is 450 g/mol. The third-order valence-electron chi connectivity index (χ3n) is 6.10. The highest BCUT2D eigenvalue weighted by molar-refractivity contribution is 6.00. The summed E-state index contributed by atoms with van der Waals surface area (Å²) < 4.78 is 25.0. The predicted molar refractivity (Wildman–Crippen MR) is 125 cm³/mol. The molecule has 0 bridgehead atoms. The maximum absolute atomic E-state index is 13.4. The quantitative estimate of drug-likeness (QED) is 0.549. The molecule has 7 heteroatoms. The second-order valence-electron chi connectivity index (χ2n) is 8.26. The number of ether oxygens (including phenoxy) is 1. The smallest absolute Gasteiger partial charge is 0.246 e. The van der Waals surface area contributed by atoms with Crippen molar-refractivity contribution in [2.24, 2.45) is 11.7 Å². The lowest BCUT2D eigenvalue weighted by molar-refractivity contribution is -0.130. The zero-order chi connectivity index (χ0) is 23.5. The van der Waals surface area contributed by atoms with Crippen molar-refractivity contribution >= 4 is 28.4 Å². The van der Waals surface area contributed by atoms with E-state index < -0.39 is 0 Å². The van der Waals surface area contributed by atoms with Crippen molar-refractivity contribution in [2.75, 3.05) is 19.7 Å². The van der Waals surface area contributed by atoms with E-state index in [1.165, 1.54) is 12.1 Å². The normalized spacial score (nSPS) is 15.1. The molecule has 6 nitrogen and oxygen atoms in total. The number of fused-ring (bicyclic) bond motifs is 1. The van der Waals surface area contributed by atoms with Gasteiger partial charge in [-0.25, -0.2) is 4.39 Å². The van der Waals surface area contributed by atoms with Crippen molar-refractivity contribution < 1.29 is 23.1 Å². The van der Waals surface area contributed by atoms with E-state index in [2.05, 4.69) is 0 Å². The van der Waals surface area contributed by atoms with Crippen LogP contribution in [-0.2, 0) is 9.59 Å². The van der Waals surface area contributed by atoms with Crippen molar-refractivity contribution in [2.45, 2.75) is 26.7 Å². The molecular weight excluding hydrogens is 423 g/mol. The third kappa shape index (κ3) is 4.77. The Kier molecular flexibility index (Phi) is 6.49. The van der Waals surface area contributed by atoms with E-state index >= 15 is 0 Å². The summed E-state index contributed by atoms with van der Waals surface area (Å²) in [6.45, 7) is 5.24. The summed E-state index contributed by atoms with van der Waals surface area (Å²) in [4.78, 5) is 26.0. The highest BCUT2D eigenvalue weighted by Crippen LogP contribution is 2.37. The fraction of sp³-hybridized carbons (Fsp3) is 0.308. The van der Waals surface area contributed by atoms with E-state index in [1.807, 2.05) is 26.0 Å². The van der Waals surface area contributed by atoms with Crippen LogP contribution in [0.4, 0.5) is 4.39 Å². The van der Waals surface area contributed by atoms with E-state index in [-0.39, 0.29) is 23.5 Å². The Bertz CT molecular complexity index is 1210. The van der Waals surface area contributed by atoms with Crippen LogP contribution >= 0.6 is 0 Å². The Morgan fingerprint density at radius 2 is 1.91 bits per heavy atom. The van der Waals surface area contributed by atoms with Gasteiger partial charge in [0.25, 0.3) is 0 Å². The number of halogens is 1. The Morgan fingerprint density at radius 1 is 1.21 bits per heavy atom. The number of amides is 2. The van der Waals surface area contributed by atoms with E-state index in [0.717, 1.165) is 27.6 Å². The van der Waals surface area contributed by atoms with Gasteiger partial charge in [-0.05, 0) is 56.0 Å². The molecule has 0 spiro atoms. The predicted octanol–water partition coefficient (Wildman–Crippen LogP) is 4.76. The Hall–Kier alpha value is -3.61. The molecule has 1 aliphatic rings. The average molecular weight is 451 g/mol. The lowest BCUT2D eigenvalue weighted by atomic mass is 9.96. The highest BCUT2D eigenvalue weighted by atomic mass is 19.1. The van der Waals surface area contributed by atoms with Gasteiger partial charge in [0, 0.05) is 47.7 Å². The van der Waals surface area contributed by atoms with Gasteiger partial charge in [0.2, 0.25) is 11.8 Å². The number of hydrogen-bond donors (Lipinski definition) is 1. The lowest BCUT2D eigenvalue weighted by Gasteiger charge is -2.30. The Labute approximate surface area is 191 Å². The molecule has 0 radical (unpaired) electrons. The number of allylic oxidation sites excluding steroid dienone is 1. The van der Waals surface area contributed by atoms with Crippen LogP contribution in [0.1, 0.15) is 32.3 Å². The Morgan fingerprint density at radius 3 is 2.55 bits per heavy atom. The van der Waals surface area contributed by atoms with E-state index in [4.69, 9.17) is 14.9 Å². The molecular formula is C26H27FN2O4. The molecule has 1 aromatic heterocycles. The number of furan rings is 1. The van der Waals surface area contributed by atoms with Crippen LogP contribution in [0, 0.1) is 11.7 Å². The molecule has 33 heavy (non-hydrogen) atoms. The van der Waals surface area contributed by atoms with Gasteiger partial charge in [-0.2, -0.15) is 0 Å². The second-order valence-corrected chi connectivity index (χ2v) is 8.26. The maximum atomic E-state index is 13.4. The fourth-order valence-electron chi connectivity index (χ4n) is 4.23. The van der Waals surface area contributed by atoms with Crippen molar-refractivity contribution in [3.05, 3.63) is 60.1 Å². The molecule has 0 aliphatic carbocycles. The van der Waals surface area contributed by atoms with Crippen LogP contribution in [0.15, 0.2) is 53.2 Å². The summed E-state index contributed by atoms with van der Waals surface area (Å²) in [6.07, 6.45) is 4.41. The molecule has 2 aromatic carbocycles. The number of rotatable bonds is 6. The molecule has 4 rings (SSSR count). The van der Waals surface area contributed by atoms with Gasteiger partial charge in [-0.3, -0.25) is 9.59 Å². The number of nitrogens with two attached hydrogens (primary N) is 1. The van der Waals surface area contributed by atoms with Gasteiger partial charge in [0.15, 0.2) is 0 Å². The SMILES string of the molecule is CCOc1cc2occ(-c3ccc(F)cc3)c2cc1/C(C)=C/C(=O)N1CCC(C(N)=O)CC1. The number of hydrogen-bond acceptors (Lipinski definition) is 4. The summed E-state index contributed by atoms with van der Waals surface area (Å²) in [5.74, 6) is -0.261. The van der Waals surface area contributed by atoms with Gasteiger partial charge in [0.05, 0.1) is 12.9 Å². The maximum Gasteiger partial charge on any atom is 0.246 e. The van der Waals surface area contributed by atoms with Crippen molar-refractivity contribution in [3.8, 4) is 16.9 Å². The van der Waals surface area contributed by atoms with Crippen LogP contribution in [0.5, 0.6) is 5.75 Å². The summed E-state index contributed by atoms with van der Waals surface area (Å²) >= 11 is 0. The fourth-order valence-corrected chi connectivity index (χ4v) is 4.23. The first-order chi connectivity index (χ1) is 15.9. The molecule has 3 aromatic rings. The molecule has 0 saturated carbocycles. The minimum atomic E-state index is -0.305. The molecule has 2 N–H and O–H groups in total. The molecule has 1 fully saturated rings. The molecule has 172 valence electrons. The molecule has 0 unspecified atom stereocenters. The number of primary amides is 1. The van der Waals surface area contributed by atoms with Gasteiger partial charge >= 0.3 is 0 Å². The summed E-state index contributed by atoms with van der Waals surface area (Å²) in [5, 5.41) is 0.850. The molecule has 2 amide bonds. The van der Waals surface area contributed by atoms with Crippen molar-refractivity contribution in [1.29, 1.82) is 0 Å². The van der Waals surface area contributed by atoms with Gasteiger partial charge in [-0.1, -0.05) is 12.1 Å². The first-order valence-corrected chi connectivity index (χ1v) is 11.1. The summed E-state index contributed by atoms with van der Waals surface area (Å²) in [7, 11) is 0. The zero-order valence-corrected chi connectivity index (χ0v) is 18.8. The minimum Gasteiger partial charge on any atom is -0.493 e. The second kappa shape index (κ2) is 9.48. The first-order valence-electron chi connectivity index (χ1n) is 11.1. The number of carbonyl (C=O) groups is 2. The van der Waals surface area contributed by atoms with E-state index in [9.17, 15) is 14.0 Å². The standard InChI is InChI=1S/C26H27FN2O4/c1-3-32-23-14-24-21(22(15-33-24)17-4-6-19(27)7-5-17)13-20(23)16(2)12-25(30)29-10-8-18(9-11-29)26(28)31/h4-7,12-15,18H,3,8-11H2,1-2H3,(H2,28,31)/b16-12+. The number of likely N-dealkylation sites (tertiary alicyclic amines) is 1. The van der Waals surface area contributed by atoms with Gasteiger partial charge < -0.3 is 19.8 Å². The molecule has 1 saturated heterocycles. The zero-order valence-electron chi connectivity index (χ0n) is 18.8. The summed E-state index contributed by atoms with van der Waals surface area (Å²) in [6, 6.07) is 10.0. The number of piperidine rings is 1. The van der Waals surface area contributed by atoms with E-state index in [1.54, 1.807) is 29.4 Å². The van der Waals surface area contributed by atoms with Crippen LogP contribution in [-0.4, -0.2) is 36.4 Å². The number of nitrogens with zero attached hydrogens (tertiary/aromatic N) is 1. The third-order valence-corrected chi connectivity index (χ3v) is 6.10. The van der Waals surface area contributed by atoms with E-state index in [0.29, 0.717) is 43.9 Å². The first kappa shape index (κ1) is 22.6. The van der Waals surface area contributed by atoms with Crippen LogP contribution in [0.3, 0.4) is 0 Å². The van der Waals surface area contributed by atoms with Crippen molar-refractivity contribution in [3.63, 3.8) is 0 Å². The van der Waals surface area contributed by atoms with Gasteiger partial charge in [-0.15, -0.1) is 0 Å². The van der Waals surface area contributed by atoms with Crippen molar-refractivity contribution in [1.82, 2.24) is 4.90 Å².